The highest BCUT2D eigenvalue weighted by Crippen LogP contribution is 2.21. The van der Waals surface area contributed by atoms with E-state index in [4.69, 9.17) is 5.73 Å². The van der Waals surface area contributed by atoms with Gasteiger partial charge in [0, 0.05) is 23.7 Å². The second-order valence-electron chi connectivity index (χ2n) is 3.44. The molecule has 5 nitrogen and oxygen atoms in total. The van der Waals surface area contributed by atoms with Crippen LogP contribution in [0.3, 0.4) is 0 Å². The van der Waals surface area contributed by atoms with Crippen molar-refractivity contribution in [2.24, 2.45) is 0 Å². The summed E-state index contributed by atoms with van der Waals surface area (Å²) < 4.78 is 21.1. The number of hydrogen-bond acceptors (Lipinski definition) is 5. The van der Waals surface area contributed by atoms with Crippen molar-refractivity contribution in [2.45, 2.75) is 5.75 Å². The molecule has 17 heavy (non-hydrogen) atoms. The molecule has 0 amide bonds. The highest BCUT2D eigenvalue weighted by Gasteiger charge is 2.04. The van der Waals surface area contributed by atoms with Gasteiger partial charge in [-0.05, 0) is 5.56 Å². The summed E-state index contributed by atoms with van der Waals surface area (Å²) in [6, 6.07) is 7.03. The summed E-state index contributed by atoms with van der Waals surface area (Å²) in [5, 5.41) is 0. The first kappa shape index (κ1) is 11.7. The van der Waals surface area contributed by atoms with Crippen LogP contribution in [0, 0.1) is 0 Å². The fourth-order valence-corrected chi connectivity index (χ4v) is 1.93. The first-order valence-corrected chi connectivity index (χ1v) is 6.13. The van der Waals surface area contributed by atoms with E-state index in [1.807, 2.05) is 0 Å². The topological polar surface area (TPSA) is 91.9 Å². The third-order valence-corrected chi connectivity index (χ3v) is 2.81. The van der Waals surface area contributed by atoms with E-state index in [1.165, 1.54) is 6.20 Å². The van der Waals surface area contributed by atoms with Gasteiger partial charge in [0.1, 0.15) is 11.5 Å². The molecule has 1 atom stereocenters. The maximum Gasteiger partial charge on any atom is 0.149 e. The normalized spacial score (nSPS) is 12.3. The van der Waals surface area contributed by atoms with Gasteiger partial charge in [-0.25, -0.2) is 4.98 Å². The largest absolute Gasteiger partial charge is 0.772 e. The summed E-state index contributed by atoms with van der Waals surface area (Å²) in [4.78, 5) is 8.07. The van der Waals surface area contributed by atoms with Gasteiger partial charge >= 0.3 is 0 Å². The lowest BCUT2D eigenvalue weighted by Crippen LogP contribution is -1.97. The summed E-state index contributed by atoms with van der Waals surface area (Å²) in [6.07, 6.45) is 3.08. The number of nitrogens with two attached hydrogens (primary N) is 1. The van der Waals surface area contributed by atoms with E-state index in [-0.39, 0.29) is 5.75 Å². The molecular weight excluding hydrogens is 238 g/mol. The van der Waals surface area contributed by atoms with Crippen LogP contribution in [-0.4, -0.2) is 18.7 Å². The highest BCUT2D eigenvalue weighted by atomic mass is 32.2. The number of aromatic nitrogens is 2. The molecular formula is C11H10N3O2S-. The Hall–Kier alpha value is -1.79. The molecule has 2 aromatic rings. The predicted molar refractivity (Wildman–Crippen MR) is 64.5 cm³/mol. The molecule has 0 aliphatic rings. The molecule has 0 spiro atoms. The van der Waals surface area contributed by atoms with Gasteiger partial charge in [0.2, 0.25) is 0 Å². The number of anilines is 1. The summed E-state index contributed by atoms with van der Waals surface area (Å²) >= 11 is -2.07. The van der Waals surface area contributed by atoms with Crippen molar-refractivity contribution in [3.8, 4) is 11.3 Å². The van der Waals surface area contributed by atoms with Crippen molar-refractivity contribution >= 4 is 16.9 Å². The van der Waals surface area contributed by atoms with E-state index < -0.39 is 11.1 Å². The molecule has 0 fully saturated rings. The Morgan fingerprint density at radius 3 is 2.41 bits per heavy atom. The number of nitrogens with zero attached hydrogens (tertiary/aromatic N) is 2. The van der Waals surface area contributed by atoms with Gasteiger partial charge in [0.15, 0.2) is 0 Å². The quantitative estimate of drug-likeness (QED) is 0.821. The Morgan fingerprint density at radius 2 is 1.82 bits per heavy atom. The molecule has 2 N–H and O–H groups in total. The van der Waals surface area contributed by atoms with Crippen LogP contribution in [0.15, 0.2) is 36.7 Å². The van der Waals surface area contributed by atoms with E-state index in [0.717, 1.165) is 11.1 Å². The van der Waals surface area contributed by atoms with Crippen LogP contribution >= 0.6 is 0 Å². The minimum atomic E-state index is -2.07. The summed E-state index contributed by atoms with van der Waals surface area (Å²) in [7, 11) is 0. The minimum absolute atomic E-state index is 0.0101. The predicted octanol–water partition coefficient (Wildman–Crippen LogP) is 1.10. The van der Waals surface area contributed by atoms with Crippen LogP contribution in [0.4, 0.5) is 5.82 Å². The van der Waals surface area contributed by atoms with E-state index in [2.05, 4.69) is 9.97 Å². The molecule has 1 aromatic carbocycles. The van der Waals surface area contributed by atoms with Crippen molar-refractivity contribution in [2.75, 3.05) is 5.73 Å². The molecule has 88 valence electrons. The van der Waals surface area contributed by atoms with Crippen LogP contribution < -0.4 is 5.73 Å². The van der Waals surface area contributed by atoms with Gasteiger partial charge in [0.25, 0.3) is 0 Å². The van der Waals surface area contributed by atoms with Crippen molar-refractivity contribution in [1.29, 1.82) is 0 Å². The number of rotatable bonds is 3. The van der Waals surface area contributed by atoms with E-state index >= 15 is 0 Å². The zero-order valence-corrected chi connectivity index (χ0v) is 9.68. The Morgan fingerprint density at radius 1 is 1.18 bits per heavy atom. The molecule has 1 unspecified atom stereocenters. The lowest BCUT2D eigenvalue weighted by atomic mass is 10.1. The molecule has 0 aliphatic carbocycles. The zero-order chi connectivity index (χ0) is 12.3. The Labute approximate surface area is 101 Å². The highest BCUT2D eigenvalue weighted by molar-refractivity contribution is 7.78. The second kappa shape index (κ2) is 5.03. The van der Waals surface area contributed by atoms with Crippen molar-refractivity contribution in [1.82, 2.24) is 9.97 Å². The van der Waals surface area contributed by atoms with Crippen molar-refractivity contribution < 1.29 is 8.76 Å². The maximum absolute atomic E-state index is 10.5. The molecule has 6 heteroatoms. The second-order valence-corrected chi connectivity index (χ2v) is 4.33. The number of benzene rings is 1. The van der Waals surface area contributed by atoms with Gasteiger partial charge in [0.05, 0.1) is 0 Å². The van der Waals surface area contributed by atoms with Gasteiger partial charge in [-0.15, -0.1) is 0 Å². The molecule has 0 saturated carbocycles. The van der Waals surface area contributed by atoms with Crippen molar-refractivity contribution in [3.05, 3.63) is 42.2 Å². The molecule has 0 bridgehead atoms. The van der Waals surface area contributed by atoms with Crippen LogP contribution in [-0.2, 0) is 16.8 Å². The van der Waals surface area contributed by atoms with Gasteiger partial charge in [-0.1, -0.05) is 35.3 Å². The van der Waals surface area contributed by atoms with Crippen LogP contribution in [0.5, 0.6) is 0 Å². The SMILES string of the molecule is Nc1nccnc1-c1ccc(CS(=O)[O-])cc1. The lowest BCUT2D eigenvalue weighted by molar-refractivity contribution is 0.536. The Bertz CT molecular complexity index is 543. The zero-order valence-electron chi connectivity index (χ0n) is 8.87. The van der Waals surface area contributed by atoms with Crippen LogP contribution in [0.1, 0.15) is 5.56 Å². The van der Waals surface area contributed by atoms with Gasteiger partial charge < -0.3 is 10.3 Å². The Kier molecular flexibility index (Phi) is 3.46. The monoisotopic (exact) mass is 248 g/mol. The third-order valence-electron chi connectivity index (χ3n) is 2.24. The number of hydrogen-bond donors (Lipinski definition) is 1. The maximum atomic E-state index is 10.5. The molecule has 0 radical (unpaired) electrons. The molecule has 1 heterocycles. The molecule has 1 aromatic heterocycles. The molecule has 0 aliphatic heterocycles. The van der Waals surface area contributed by atoms with Crippen molar-refractivity contribution in [3.63, 3.8) is 0 Å². The van der Waals surface area contributed by atoms with Crippen LogP contribution in [0.25, 0.3) is 11.3 Å². The lowest BCUT2D eigenvalue weighted by Gasteiger charge is -2.07. The molecule has 2 rings (SSSR count). The van der Waals surface area contributed by atoms with E-state index in [1.54, 1.807) is 30.5 Å². The first-order chi connectivity index (χ1) is 8.16. The summed E-state index contributed by atoms with van der Waals surface area (Å²) in [5.74, 6) is 0.364. The van der Waals surface area contributed by atoms with E-state index in [0.29, 0.717) is 11.5 Å². The standard InChI is InChI=1S/C11H11N3O2S/c12-11-10(13-5-6-14-11)9-3-1-8(2-4-9)7-17(15)16/h1-6H,7H2,(H2,12,14)(H,15,16)/p-1. The average Bonchev–Trinajstić information content (AvgIpc) is 2.30. The fraction of sp³-hybridized carbons (Fsp3) is 0.0909. The minimum Gasteiger partial charge on any atom is -0.772 e. The fourth-order valence-electron chi connectivity index (χ4n) is 1.47. The number of nitrogen functional groups attached to an aromatic ring is 1. The first-order valence-electron chi connectivity index (χ1n) is 4.88. The van der Waals surface area contributed by atoms with Gasteiger partial charge in [-0.3, -0.25) is 9.19 Å². The summed E-state index contributed by atoms with van der Waals surface area (Å²) in [5.41, 5.74) is 7.84. The Balaban J connectivity index is 2.30. The third kappa shape index (κ3) is 2.86. The molecule has 0 saturated heterocycles. The van der Waals surface area contributed by atoms with E-state index in [9.17, 15) is 8.76 Å². The average molecular weight is 248 g/mol. The summed E-state index contributed by atoms with van der Waals surface area (Å²) in [6.45, 7) is 0. The van der Waals surface area contributed by atoms with Crippen LogP contribution in [0.2, 0.25) is 0 Å². The smallest absolute Gasteiger partial charge is 0.149 e. The van der Waals surface area contributed by atoms with Gasteiger partial charge in [-0.2, -0.15) is 0 Å².